The van der Waals surface area contributed by atoms with E-state index in [1.54, 1.807) is 6.92 Å². The van der Waals surface area contributed by atoms with Crippen molar-refractivity contribution in [1.82, 2.24) is 15.1 Å². The first-order chi connectivity index (χ1) is 7.66. The van der Waals surface area contributed by atoms with Crippen LogP contribution in [0, 0.1) is 6.92 Å². The first-order valence-corrected chi connectivity index (χ1v) is 5.88. The number of nitrogens with zero attached hydrogens (tertiary/aromatic N) is 3. The second-order valence-corrected chi connectivity index (χ2v) is 4.49. The Labute approximate surface area is 95.5 Å². The molecule has 0 radical (unpaired) electrons. The summed E-state index contributed by atoms with van der Waals surface area (Å²) >= 11 is 0. The zero-order valence-electron chi connectivity index (χ0n) is 9.89. The second kappa shape index (κ2) is 4.93. The Morgan fingerprint density at radius 2 is 2.31 bits per heavy atom. The summed E-state index contributed by atoms with van der Waals surface area (Å²) in [6.07, 6.45) is 3.11. The summed E-state index contributed by atoms with van der Waals surface area (Å²) in [5.74, 6) is 1.24. The van der Waals surface area contributed by atoms with Gasteiger partial charge in [0.15, 0.2) is 0 Å². The van der Waals surface area contributed by atoms with Gasteiger partial charge in [-0.3, -0.25) is 4.90 Å². The van der Waals surface area contributed by atoms with Crippen LogP contribution in [-0.4, -0.2) is 38.9 Å². The molecule has 0 amide bonds. The van der Waals surface area contributed by atoms with Gasteiger partial charge in [-0.15, -0.1) is 10.2 Å². The lowest BCUT2D eigenvalue weighted by Crippen LogP contribution is -2.45. The van der Waals surface area contributed by atoms with Crippen molar-refractivity contribution in [2.45, 2.75) is 51.8 Å². The Morgan fingerprint density at radius 3 is 2.94 bits per heavy atom. The lowest BCUT2D eigenvalue weighted by atomic mass is 9.98. The molecule has 1 N–H and O–H groups in total. The monoisotopic (exact) mass is 225 g/mol. The summed E-state index contributed by atoms with van der Waals surface area (Å²) in [4.78, 5) is 2.24. The van der Waals surface area contributed by atoms with Crippen LogP contribution in [0.1, 0.15) is 38.0 Å². The molecule has 2 unspecified atom stereocenters. The molecule has 16 heavy (non-hydrogen) atoms. The highest BCUT2D eigenvalue weighted by molar-refractivity contribution is 4.86. The van der Waals surface area contributed by atoms with E-state index in [0.29, 0.717) is 18.3 Å². The highest BCUT2D eigenvalue weighted by Gasteiger charge is 2.27. The maximum Gasteiger partial charge on any atom is 0.230 e. The van der Waals surface area contributed by atoms with Crippen LogP contribution in [0.2, 0.25) is 0 Å². The molecule has 1 aromatic rings. The molecule has 5 nitrogen and oxygen atoms in total. The van der Waals surface area contributed by atoms with Gasteiger partial charge in [-0.25, -0.2) is 0 Å². The summed E-state index contributed by atoms with van der Waals surface area (Å²) in [6, 6.07) is 0.223. The normalized spacial score (nSPS) is 24.6. The molecule has 0 aliphatic carbocycles. The molecule has 1 aromatic heterocycles. The Hall–Kier alpha value is -0.940. The Morgan fingerprint density at radius 1 is 1.50 bits per heavy atom. The largest absolute Gasteiger partial charge is 0.424 e. The highest BCUT2D eigenvalue weighted by atomic mass is 16.4. The van der Waals surface area contributed by atoms with Crippen molar-refractivity contribution in [3.63, 3.8) is 0 Å². The number of hydrogen-bond acceptors (Lipinski definition) is 5. The van der Waals surface area contributed by atoms with Crippen molar-refractivity contribution in [2.24, 2.45) is 0 Å². The predicted octanol–water partition coefficient (Wildman–Crippen LogP) is 1.11. The van der Waals surface area contributed by atoms with Gasteiger partial charge in [0.25, 0.3) is 0 Å². The highest BCUT2D eigenvalue weighted by Crippen LogP contribution is 2.21. The van der Waals surface area contributed by atoms with Crippen molar-refractivity contribution in [3.8, 4) is 0 Å². The summed E-state index contributed by atoms with van der Waals surface area (Å²) in [5.41, 5.74) is 0. The summed E-state index contributed by atoms with van der Waals surface area (Å²) in [6.45, 7) is 5.29. The van der Waals surface area contributed by atoms with Gasteiger partial charge in [0, 0.05) is 13.0 Å². The molecule has 5 heteroatoms. The van der Waals surface area contributed by atoms with Crippen molar-refractivity contribution in [3.05, 3.63) is 11.8 Å². The third kappa shape index (κ3) is 2.59. The third-order valence-corrected chi connectivity index (χ3v) is 3.13. The van der Waals surface area contributed by atoms with E-state index in [2.05, 4.69) is 15.1 Å². The second-order valence-electron chi connectivity index (χ2n) is 4.49. The SMILES string of the molecule is Cc1nnc(CN2CCCCC2C(C)O)o1. The fourth-order valence-corrected chi connectivity index (χ4v) is 2.33. The van der Waals surface area contributed by atoms with Crippen molar-refractivity contribution in [2.75, 3.05) is 6.54 Å². The van der Waals surface area contributed by atoms with Crippen LogP contribution in [0.15, 0.2) is 4.42 Å². The summed E-state index contributed by atoms with van der Waals surface area (Å²) in [7, 11) is 0. The van der Waals surface area contributed by atoms with E-state index in [9.17, 15) is 5.11 Å². The topological polar surface area (TPSA) is 62.4 Å². The van der Waals surface area contributed by atoms with Crippen LogP contribution in [0.25, 0.3) is 0 Å². The summed E-state index contributed by atoms with van der Waals surface area (Å²) in [5, 5.41) is 17.5. The molecule has 2 atom stereocenters. The standard InChI is InChI=1S/C11H19N3O2/c1-8(15)10-5-3-4-6-14(10)7-11-13-12-9(2)16-11/h8,10,15H,3-7H2,1-2H3. The van der Waals surface area contributed by atoms with Crippen LogP contribution >= 0.6 is 0 Å². The van der Waals surface area contributed by atoms with Crippen molar-refractivity contribution < 1.29 is 9.52 Å². The molecule has 0 saturated carbocycles. The maximum atomic E-state index is 9.72. The summed E-state index contributed by atoms with van der Waals surface area (Å²) < 4.78 is 5.37. The van der Waals surface area contributed by atoms with E-state index < -0.39 is 0 Å². The number of rotatable bonds is 3. The van der Waals surface area contributed by atoms with E-state index in [1.807, 2.05) is 6.92 Å². The van der Waals surface area contributed by atoms with E-state index in [1.165, 1.54) is 12.8 Å². The molecule has 1 saturated heterocycles. The number of aliphatic hydroxyl groups excluding tert-OH is 1. The van der Waals surface area contributed by atoms with Crippen molar-refractivity contribution >= 4 is 0 Å². The fourth-order valence-electron chi connectivity index (χ4n) is 2.33. The predicted molar refractivity (Wildman–Crippen MR) is 58.8 cm³/mol. The first-order valence-electron chi connectivity index (χ1n) is 5.88. The number of piperidine rings is 1. The quantitative estimate of drug-likeness (QED) is 0.835. The van der Waals surface area contributed by atoms with Crippen LogP contribution in [-0.2, 0) is 6.54 Å². The average molecular weight is 225 g/mol. The molecule has 0 aromatic carbocycles. The van der Waals surface area contributed by atoms with E-state index >= 15 is 0 Å². The van der Waals surface area contributed by atoms with Crippen LogP contribution in [0.4, 0.5) is 0 Å². The number of hydrogen-bond donors (Lipinski definition) is 1. The van der Waals surface area contributed by atoms with E-state index in [-0.39, 0.29) is 12.1 Å². The van der Waals surface area contributed by atoms with Gasteiger partial charge in [0.2, 0.25) is 11.8 Å². The van der Waals surface area contributed by atoms with E-state index in [4.69, 9.17) is 4.42 Å². The molecule has 1 fully saturated rings. The van der Waals surface area contributed by atoms with Gasteiger partial charge in [-0.1, -0.05) is 6.42 Å². The Balaban J connectivity index is 2.01. The minimum Gasteiger partial charge on any atom is -0.424 e. The van der Waals surface area contributed by atoms with Gasteiger partial charge >= 0.3 is 0 Å². The molecule has 2 rings (SSSR count). The molecule has 90 valence electrons. The van der Waals surface area contributed by atoms with Crippen LogP contribution in [0.5, 0.6) is 0 Å². The zero-order chi connectivity index (χ0) is 11.5. The van der Waals surface area contributed by atoms with Crippen LogP contribution < -0.4 is 0 Å². The van der Waals surface area contributed by atoms with Gasteiger partial charge in [0.05, 0.1) is 12.6 Å². The number of likely N-dealkylation sites (tertiary alicyclic amines) is 1. The minimum atomic E-state index is -0.302. The first kappa shape index (κ1) is 11.5. The minimum absolute atomic E-state index is 0.223. The number of aromatic nitrogens is 2. The molecule has 1 aliphatic rings. The number of aryl methyl sites for hydroxylation is 1. The molecule has 2 heterocycles. The van der Waals surface area contributed by atoms with E-state index in [0.717, 1.165) is 13.0 Å². The average Bonchev–Trinajstić information content (AvgIpc) is 2.64. The lowest BCUT2D eigenvalue weighted by Gasteiger charge is -2.36. The van der Waals surface area contributed by atoms with Crippen LogP contribution in [0.3, 0.4) is 0 Å². The van der Waals surface area contributed by atoms with Crippen molar-refractivity contribution in [1.29, 1.82) is 0 Å². The maximum absolute atomic E-state index is 9.72. The Kier molecular flexibility index (Phi) is 3.56. The fraction of sp³-hybridized carbons (Fsp3) is 0.818. The number of aliphatic hydroxyl groups is 1. The van der Waals surface area contributed by atoms with Gasteiger partial charge in [-0.2, -0.15) is 0 Å². The zero-order valence-corrected chi connectivity index (χ0v) is 9.89. The lowest BCUT2D eigenvalue weighted by molar-refractivity contribution is 0.0269. The van der Waals surface area contributed by atoms with Gasteiger partial charge in [-0.05, 0) is 26.3 Å². The molecular weight excluding hydrogens is 206 g/mol. The molecule has 0 bridgehead atoms. The molecule has 0 spiro atoms. The van der Waals surface area contributed by atoms with Gasteiger partial charge in [0.1, 0.15) is 0 Å². The van der Waals surface area contributed by atoms with Gasteiger partial charge < -0.3 is 9.52 Å². The molecule has 1 aliphatic heterocycles. The molecular formula is C11H19N3O2. The smallest absolute Gasteiger partial charge is 0.230 e. The Bertz CT molecular complexity index is 338. The third-order valence-electron chi connectivity index (χ3n) is 3.13.